The molecule has 172 valence electrons. The van der Waals surface area contributed by atoms with E-state index in [1.54, 1.807) is 22.1 Å². The Balaban J connectivity index is 1.49. The predicted octanol–water partition coefficient (Wildman–Crippen LogP) is 4.52. The SMILES string of the molecule is O=C(CN(CC1CCCO1)C(=O)Nc1ccccc1)N(Cc1ccccc1)Cc1ccco1. The molecule has 1 aliphatic heterocycles. The molecule has 0 spiro atoms. The van der Waals surface area contributed by atoms with Crippen molar-refractivity contribution in [1.29, 1.82) is 0 Å². The van der Waals surface area contributed by atoms with Gasteiger partial charge in [0.05, 0.1) is 18.9 Å². The van der Waals surface area contributed by atoms with E-state index in [2.05, 4.69) is 5.32 Å². The van der Waals surface area contributed by atoms with Crippen molar-refractivity contribution < 1.29 is 18.7 Å². The van der Waals surface area contributed by atoms with E-state index >= 15 is 0 Å². The number of para-hydroxylation sites is 1. The number of benzene rings is 2. The molecule has 2 aromatic carbocycles. The second-order valence-corrected chi connectivity index (χ2v) is 8.13. The molecule has 0 radical (unpaired) electrons. The van der Waals surface area contributed by atoms with Crippen molar-refractivity contribution in [2.24, 2.45) is 0 Å². The monoisotopic (exact) mass is 447 g/mol. The molecule has 1 saturated heterocycles. The summed E-state index contributed by atoms with van der Waals surface area (Å²) in [6.45, 7) is 1.75. The Morgan fingerprint density at radius 2 is 1.67 bits per heavy atom. The Labute approximate surface area is 193 Å². The molecule has 1 aromatic heterocycles. The van der Waals surface area contributed by atoms with E-state index in [0.717, 1.165) is 18.4 Å². The average molecular weight is 448 g/mol. The summed E-state index contributed by atoms with van der Waals surface area (Å²) in [6, 6.07) is 22.4. The first kappa shape index (κ1) is 22.6. The highest BCUT2D eigenvalue weighted by Crippen LogP contribution is 2.16. The van der Waals surface area contributed by atoms with Crippen LogP contribution in [-0.4, -0.2) is 47.5 Å². The van der Waals surface area contributed by atoms with Gasteiger partial charge in [-0.1, -0.05) is 48.5 Å². The zero-order valence-corrected chi connectivity index (χ0v) is 18.6. The maximum atomic E-state index is 13.4. The fourth-order valence-electron chi connectivity index (χ4n) is 3.87. The van der Waals surface area contributed by atoms with Crippen molar-refractivity contribution in [3.8, 4) is 0 Å². The first-order valence-electron chi connectivity index (χ1n) is 11.2. The molecule has 1 unspecified atom stereocenters. The van der Waals surface area contributed by atoms with Gasteiger partial charge in [0, 0.05) is 25.4 Å². The second-order valence-electron chi connectivity index (χ2n) is 8.13. The highest BCUT2D eigenvalue weighted by Gasteiger charge is 2.27. The molecule has 1 N–H and O–H groups in total. The van der Waals surface area contributed by atoms with Gasteiger partial charge in [0.15, 0.2) is 0 Å². The van der Waals surface area contributed by atoms with Crippen LogP contribution in [0.1, 0.15) is 24.2 Å². The smallest absolute Gasteiger partial charge is 0.322 e. The van der Waals surface area contributed by atoms with Gasteiger partial charge >= 0.3 is 6.03 Å². The molecule has 3 amide bonds. The van der Waals surface area contributed by atoms with Gasteiger partial charge in [0.25, 0.3) is 0 Å². The molecule has 7 nitrogen and oxygen atoms in total. The van der Waals surface area contributed by atoms with Gasteiger partial charge < -0.3 is 24.3 Å². The highest BCUT2D eigenvalue weighted by molar-refractivity contribution is 5.92. The number of ether oxygens (including phenoxy) is 1. The predicted molar refractivity (Wildman–Crippen MR) is 125 cm³/mol. The quantitative estimate of drug-likeness (QED) is 0.523. The average Bonchev–Trinajstić information content (AvgIpc) is 3.54. The van der Waals surface area contributed by atoms with Crippen molar-refractivity contribution >= 4 is 17.6 Å². The number of urea groups is 1. The molecule has 1 atom stereocenters. The number of carbonyl (C=O) groups is 2. The Morgan fingerprint density at radius 1 is 0.909 bits per heavy atom. The Bertz CT molecular complexity index is 1000. The molecule has 1 aliphatic rings. The van der Waals surface area contributed by atoms with Crippen LogP contribution in [-0.2, 0) is 22.6 Å². The summed E-state index contributed by atoms with van der Waals surface area (Å²) in [4.78, 5) is 29.8. The van der Waals surface area contributed by atoms with E-state index in [9.17, 15) is 9.59 Å². The number of hydrogen-bond donors (Lipinski definition) is 1. The largest absolute Gasteiger partial charge is 0.467 e. The van der Waals surface area contributed by atoms with Crippen molar-refractivity contribution in [1.82, 2.24) is 9.80 Å². The van der Waals surface area contributed by atoms with E-state index in [1.165, 1.54) is 0 Å². The number of rotatable bonds is 9. The Kier molecular flexibility index (Phi) is 7.76. The molecular weight excluding hydrogens is 418 g/mol. The summed E-state index contributed by atoms with van der Waals surface area (Å²) >= 11 is 0. The van der Waals surface area contributed by atoms with Gasteiger partial charge in [-0.15, -0.1) is 0 Å². The second kappa shape index (κ2) is 11.3. The van der Waals surface area contributed by atoms with E-state index in [0.29, 0.717) is 37.7 Å². The van der Waals surface area contributed by atoms with Gasteiger partial charge in [-0.25, -0.2) is 4.79 Å². The third-order valence-electron chi connectivity index (χ3n) is 5.58. The third-order valence-corrected chi connectivity index (χ3v) is 5.58. The number of amides is 3. The van der Waals surface area contributed by atoms with Crippen LogP contribution < -0.4 is 5.32 Å². The minimum absolute atomic E-state index is 0.0495. The van der Waals surface area contributed by atoms with Gasteiger partial charge in [-0.3, -0.25) is 4.79 Å². The van der Waals surface area contributed by atoms with E-state index in [4.69, 9.17) is 9.15 Å². The lowest BCUT2D eigenvalue weighted by Crippen LogP contribution is -2.46. The number of furan rings is 1. The fourth-order valence-corrected chi connectivity index (χ4v) is 3.87. The number of hydrogen-bond acceptors (Lipinski definition) is 4. The molecular formula is C26H29N3O4. The van der Waals surface area contributed by atoms with Crippen LogP contribution >= 0.6 is 0 Å². The van der Waals surface area contributed by atoms with Crippen molar-refractivity contribution in [3.05, 3.63) is 90.4 Å². The van der Waals surface area contributed by atoms with E-state index < -0.39 is 0 Å². The van der Waals surface area contributed by atoms with Crippen LogP contribution in [0.25, 0.3) is 0 Å². The maximum Gasteiger partial charge on any atom is 0.322 e. The highest BCUT2D eigenvalue weighted by atomic mass is 16.5. The molecule has 7 heteroatoms. The molecule has 4 rings (SSSR count). The van der Waals surface area contributed by atoms with Gasteiger partial charge in [-0.05, 0) is 42.7 Å². The summed E-state index contributed by atoms with van der Waals surface area (Å²) in [5, 5.41) is 2.90. The van der Waals surface area contributed by atoms with Gasteiger partial charge in [-0.2, -0.15) is 0 Å². The van der Waals surface area contributed by atoms with Crippen LogP contribution in [0.15, 0.2) is 83.5 Å². The van der Waals surface area contributed by atoms with Crippen LogP contribution in [0.3, 0.4) is 0 Å². The summed E-state index contributed by atoms with van der Waals surface area (Å²) in [7, 11) is 0. The van der Waals surface area contributed by atoms with E-state index in [-0.39, 0.29) is 24.6 Å². The lowest BCUT2D eigenvalue weighted by molar-refractivity contribution is -0.133. The Morgan fingerprint density at radius 3 is 2.33 bits per heavy atom. The van der Waals surface area contributed by atoms with E-state index in [1.807, 2.05) is 66.7 Å². The molecule has 0 aliphatic carbocycles. The van der Waals surface area contributed by atoms with Crippen molar-refractivity contribution in [2.75, 3.05) is 25.0 Å². The molecule has 0 saturated carbocycles. The molecule has 33 heavy (non-hydrogen) atoms. The third kappa shape index (κ3) is 6.70. The molecule has 2 heterocycles. The maximum absolute atomic E-state index is 13.4. The zero-order valence-electron chi connectivity index (χ0n) is 18.6. The standard InChI is InChI=1S/C26H29N3O4/c30-25(28(18-23-13-7-15-32-23)17-21-9-3-1-4-10-21)20-29(19-24-14-8-16-33-24)26(31)27-22-11-5-2-6-12-22/h1-7,9-13,15,24H,8,14,16-20H2,(H,27,31). The number of carbonyl (C=O) groups excluding carboxylic acids is 2. The minimum atomic E-state index is -0.317. The Hall–Kier alpha value is -3.58. The van der Waals surface area contributed by atoms with Crippen LogP contribution in [0, 0.1) is 0 Å². The first-order valence-corrected chi connectivity index (χ1v) is 11.2. The number of nitrogens with one attached hydrogen (secondary N) is 1. The van der Waals surface area contributed by atoms with Crippen LogP contribution in [0.4, 0.5) is 10.5 Å². The summed E-state index contributed by atoms with van der Waals surface area (Å²) in [5.74, 6) is 0.537. The lowest BCUT2D eigenvalue weighted by atomic mass is 10.2. The normalized spacial score (nSPS) is 15.2. The summed E-state index contributed by atoms with van der Waals surface area (Å²) in [5.41, 5.74) is 1.70. The fraction of sp³-hybridized carbons (Fsp3) is 0.308. The first-order chi connectivity index (χ1) is 16.2. The van der Waals surface area contributed by atoms with Gasteiger partial charge in [0.1, 0.15) is 12.3 Å². The summed E-state index contributed by atoms with van der Waals surface area (Å²) < 4.78 is 11.2. The molecule has 0 bridgehead atoms. The van der Waals surface area contributed by atoms with Crippen molar-refractivity contribution in [2.45, 2.75) is 32.0 Å². The van der Waals surface area contributed by atoms with Crippen LogP contribution in [0.5, 0.6) is 0 Å². The van der Waals surface area contributed by atoms with Crippen LogP contribution in [0.2, 0.25) is 0 Å². The minimum Gasteiger partial charge on any atom is -0.467 e. The molecule has 3 aromatic rings. The number of nitrogens with zero attached hydrogens (tertiary/aromatic N) is 2. The lowest BCUT2D eigenvalue weighted by Gasteiger charge is -2.29. The van der Waals surface area contributed by atoms with Crippen molar-refractivity contribution in [3.63, 3.8) is 0 Å². The molecule has 1 fully saturated rings. The van der Waals surface area contributed by atoms with Gasteiger partial charge in [0.2, 0.25) is 5.91 Å². The zero-order chi connectivity index (χ0) is 22.9. The topological polar surface area (TPSA) is 75.0 Å². The summed E-state index contributed by atoms with van der Waals surface area (Å²) in [6.07, 6.45) is 3.37. The number of anilines is 1.